The lowest BCUT2D eigenvalue weighted by molar-refractivity contribution is 0.598. The zero-order valence-corrected chi connectivity index (χ0v) is 16.7. The van der Waals surface area contributed by atoms with Crippen molar-refractivity contribution in [1.82, 2.24) is 0 Å². The Morgan fingerprint density at radius 1 is 0.654 bits per heavy atom. The molecule has 0 aliphatic heterocycles. The smallest absolute Gasteiger partial charge is 0.153 e. The van der Waals surface area contributed by atoms with Crippen molar-refractivity contribution in [3.63, 3.8) is 0 Å². The first-order chi connectivity index (χ1) is 12.6. The number of rotatable bonds is 7. The van der Waals surface area contributed by atoms with Crippen molar-refractivity contribution in [2.75, 3.05) is 17.7 Å². The fourth-order valence-corrected chi connectivity index (χ4v) is 9.51. The van der Waals surface area contributed by atoms with E-state index in [9.17, 15) is 8.42 Å². The number of sulfone groups is 1. The molecular formula is C22H24O2PS+. The second-order valence-electron chi connectivity index (χ2n) is 6.28. The average molecular weight is 383 g/mol. The minimum Gasteiger partial charge on any atom is -0.229 e. The van der Waals surface area contributed by atoms with E-state index in [1.807, 2.05) is 54.6 Å². The van der Waals surface area contributed by atoms with Crippen LogP contribution in [0.15, 0.2) is 91.0 Å². The van der Waals surface area contributed by atoms with Gasteiger partial charge in [-0.25, -0.2) is 8.42 Å². The molecule has 0 N–H and O–H groups in total. The van der Waals surface area contributed by atoms with E-state index in [-0.39, 0.29) is 11.5 Å². The number of benzene rings is 3. The number of hydrogen-bond donors (Lipinski definition) is 0. The van der Waals surface area contributed by atoms with Crippen LogP contribution in [0.3, 0.4) is 0 Å². The highest BCUT2D eigenvalue weighted by Gasteiger charge is 2.45. The Hall–Kier alpha value is -1.96. The van der Waals surface area contributed by atoms with Gasteiger partial charge in [-0.15, -0.1) is 0 Å². The monoisotopic (exact) mass is 383 g/mol. The fourth-order valence-electron chi connectivity index (χ4n) is 3.30. The molecule has 0 bridgehead atoms. The SMILES string of the molecule is CCS(=O)(=O)CC[P+](c1ccccc1)(c1ccccc1)c1ccccc1. The van der Waals surface area contributed by atoms with E-state index in [2.05, 4.69) is 36.4 Å². The van der Waals surface area contributed by atoms with Gasteiger partial charge in [-0.3, -0.25) is 0 Å². The molecule has 3 aromatic rings. The van der Waals surface area contributed by atoms with Crippen LogP contribution in [0, 0.1) is 0 Å². The van der Waals surface area contributed by atoms with Crippen LogP contribution in [0.4, 0.5) is 0 Å². The van der Waals surface area contributed by atoms with E-state index >= 15 is 0 Å². The third-order valence-corrected chi connectivity index (χ3v) is 11.2. The molecular weight excluding hydrogens is 359 g/mol. The van der Waals surface area contributed by atoms with Crippen LogP contribution in [-0.4, -0.2) is 26.1 Å². The van der Waals surface area contributed by atoms with Gasteiger partial charge in [-0.2, -0.15) is 0 Å². The molecule has 3 aromatic carbocycles. The average Bonchev–Trinajstić information content (AvgIpc) is 2.71. The molecule has 0 unspecified atom stereocenters. The molecule has 0 saturated carbocycles. The minimum absolute atomic E-state index is 0.186. The quantitative estimate of drug-likeness (QED) is 0.586. The van der Waals surface area contributed by atoms with Crippen molar-refractivity contribution in [2.45, 2.75) is 6.92 Å². The van der Waals surface area contributed by atoms with Gasteiger partial charge in [0.25, 0.3) is 0 Å². The molecule has 0 radical (unpaired) electrons. The fraction of sp³-hybridized carbons (Fsp3) is 0.182. The number of hydrogen-bond acceptors (Lipinski definition) is 2. The highest BCUT2D eigenvalue weighted by molar-refractivity contribution is 7.97. The lowest BCUT2D eigenvalue weighted by atomic mass is 10.4. The van der Waals surface area contributed by atoms with Gasteiger partial charge in [-0.1, -0.05) is 61.5 Å². The van der Waals surface area contributed by atoms with Gasteiger partial charge in [0.15, 0.2) is 9.84 Å². The topological polar surface area (TPSA) is 34.1 Å². The maximum absolute atomic E-state index is 12.4. The van der Waals surface area contributed by atoms with Gasteiger partial charge in [-0.05, 0) is 36.4 Å². The molecule has 2 nitrogen and oxygen atoms in total. The molecule has 3 rings (SSSR count). The van der Waals surface area contributed by atoms with E-state index in [4.69, 9.17) is 0 Å². The van der Waals surface area contributed by atoms with Gasteiger partial charge in [0.1, 0.15) is 23.2 Å². The van der Waals surface area contributed by atoms with E-state index < -0.39 is 17.1 Å². The van der Waals surface area contributed by atoms with Crippen molar-refractivity contribution in [3.05, 3.63) is 91.0 Å². The van der Waals surface area contributed by atoms with Crippen molar-refractivity contribution in [2.24, 2.45) is 0 Å². The van der Waals surface area contributed by atoms with Crippen molar-refractivity contribution >= 4 is 33.0 Å². The predicted molar refractivity (Wildman–Crippen MR) is 114 cm³/mol. The van der Waals surface area contributed by atoms with Gasteiger partial charge in [0.2, 0.25) is 0 Å². The summed E-state index contributed by atoms with van der Waals surface area (Å²) in [5.41, 5.74) is 0. The zero-order chi connectivity index (χ0) is 18.5. The molecule has 0 aliphatic rings. The normalized spacial score (nSPS) is 12.0. The summed E-state index contributed by atoms with van der Waals surface area (Å²) in [5.74, 6) is 0.390. The minimum atomic E-state index is -3.05. The third-order valence-electron chi connectivity index (χ3n) is 4.77. The summed E-state index contributed by atoms with van der Waals surface area (Å²) in [6.45, 7) is 1.73. The Morgan fingerprint density at radius 3 is 1.31 bits per heavy atom. The Labute approximate surface area is 157 Å². The Bertz CT molecular complexity index is 827. The van der Waals surface area contributed by atoms with E-state index in [1.165, 1.54) is 15.9 Å². The van der Waals surface area contributed by atoms with Crippen molar-refractivity contribution < 1.29 is 8.42 Å². The van der Waals surface area contributed by atoms with E-state index in [1.54, 1.807) is 6.92 Å². The maximum Gasteiger partial charge on any atom is 0.153 e. The first kappa shape index (κ1) is 18.8. The molecule has 134 valence electrons. The first-order valence-corrected chi connectivity index (χ1v) is 12.6. The maximum atomic E-state index is 12.4. The second kappa shape index (κ2) is 8.16. The Kier molecular flexibility index (Phi) is 5.90. The molecule has 26 heavy (non-hydrogen) atoms. The summed E-state index contributed by atoms with van der Waals surface area (Å²) in [7, 11) is -5.09. The van der Waals surface area contributed by atoms with Crippen molar-refractivity contribution in [3.8, 4) is 0 Å². The molecule has 0 amide bonds. The molecule has 0 heterocycles. The molecule has 0 fully saturated rings. The van der Waals surface area contributed by atoms with Crippen molar-refractivity contribution in [1.29, 1.82) is 0 Å². The Balaban J connectivity index is 2.24. The summed E-state index contributed by atoms with van der Waals surface area (Å²) in [5, 5.41) is 3.68. The van der Waals surface area contributed by atoms with Crippen LogP contribution < -0.4 is 15.9 Å². The van der Waals surface area contributed by atoms with Crippen LogP contribution in [0.2, 0.25) is 0 Å². The molecule has 4 heteroatoms. The van der Waals surface area contributed by atoms with E-state index in [0.29, 0.717) is 6.16 Å². The van der Waals surface area contributed by atoms with Crippen LogP contribution in [0.5, 0.6) is 0 Å². The highest BCUT2D eigenvalue weighted by Crippen LogP contribution is 2.55. The molecule has 0 aromatic heterocycles. The lowest BCUT2D eigenvalue weighted by Crippen LogP contribution is -2.35. The first-order valence-electron chi connectivity index (χ1n) is 8.84. The lowest BCUT2D eigenvalue weighted by Gasteiger charge is -2.27. The third kappa shape index (κ3) is 3.90. The largest absolute Gasteiger partial charge is 0.229 e. The Morgan fingerprint density at radius 2 is 1.00 bits per heavy atom. The van der Waals surface area contributed by atoms with E-state index in [0.717, 1.165) is 0 Å². The summed E-state index contributed by atoms with van der Waals surface area (Å²) in [6, 6.07) is 31.2. The second-order valence-corrected chi connectivity index (χ2v) is 12.4. The summed E-state index contributed by atoms with van der Waals surface area (Å²) in [4.78, 5) is 0. The molecule has 0 aliphatic carbocycles. The summed E-state index contributed by atoms with van der Waals surface area (Å²) < 4.78 is 24.7. The van der Waals surface area contributed by atoms with Crippen LogP contribution in [0.1, 0.15) is 6.92 Å². The van der Waals surface area contributed by atoms with Gasteiger partial charge in [0.05, 0.1) is 11.9 Å². The molecule has 0 spiro atoms. The highest BCUT2D eigenvalue weighted by atomic mass is 32.2. The van der Waals surface area contributed by atoms with Gasteiger partial charge < -0.3 is 0 Å². The van der Waals surface area contributed by atoms with Gasteiger partial charge in [0, 0.05) is 5.75 Å². The molecule has 0 atom stereocenters. The van der Waals surface area contributed by atoms with Crippen LogP contribution >= 0.6 is 7.26 Å². The summed E-state index contributed by atoms with van der Waals surface area (Å²) in [6.07, 6.45) is 0.626. The zero-order valence-electron chi connectivity index (χ0n) is 15.0. The standard InChI is InChI=1S/C22H24O2PS/c1-2-26(23,24)19-18-25(20-12-6-3-7-13-20,21-14-8-4-9-15-21)22-16-10-5-11-17-22/h3-17H,2,18-19H2,1H3/q+1. The summed E-state index contributed by atoms with van der Waals surface area (Å²) >= 11 is 0. The molecule has 0 saturated heterocycles. The predicted octanol–water partition coefficient (Wildman–Crippen LogP) is 3.42. The van der Waals surface area contributed by atoms with Gasteiger partial charge >= 0.3 is 0 Å². The van der Waals surface area contributed by atoms with Crippen LogP contribution in [-0.2, 0) is 9.84 Å². The van der Waals surface area contributed by atoms with Crippen LogP contribution in [0.25, 0.3) is 0 Å².